The van der Waals surface area contributed by atoms with E-state index in [4.69, 9.17) is 11.5 Å². The van der Waals surface area contributed by atoms with Crippen LogP contribution in [0.1, 0.15) is 20.8 Å². The van der Waals surface area contributed by atoms with Crippen molar-refractivity contribution < 1.29 is 0 Å². The van der Waals surface area contributed by atoms with E-state index in [1.807, 2.05) is 0 Å². The molecule has 0 spiro atoms. The molecule has 14 heavy (non-hydrogen) atoms. The first-order valence-corrected chi connectivity index (χ1v) is 5.37. The molecule has 0 aromatic rings. The number of hydrogen-bond acceptors (Lipinski definition) is 4. The van der Waals surface area contributed by atoms with Crippen LogP contribution in [0.15, 0.2) is 0 Å². The number of nitrogens with two attached hydrogens (primary N) is 2. The molecule has 0 unspecified atom stereocenters. The SMILES string of the molecule is CC(C)(C)NCCN(CCN)CCN. The average molecular weight is 202 g/mol. The summed E-state index contributed by atoms with van der Waals surface area (Å²) in [7, 11) is 0. The lowest BCUT2D eigenvalue weighted by Crippen LogP contribution is -2.43. The Bertz CT molecular complexity index is 125. The fourth-order valence-electron chi connectivity index (χ4n) is 1.29. The van der Waals surface area contributed by atoms with Crippen molar-refractivity contribution in [2.24, 2.45) is 11.5 Å². The van der Waals surface area contributed by atoms with E-state index in [2.05, 4.69) is 31.0 Å². The molecule has 0 bridgehead atoms. The monoisotopic (exact) mass is 202 g/mol. The summed E-state index contributed by atoms with van der Waals surface area (Å²) in [5.74, 6) is 0. The zero-order valence-corrected chi connectivity index (χ0v) is 9.84. The first-order chi connectivity index (χ1) is 6.49. The third-order valence-electron chi connectivity index (χ3n) is 1.97. The summed E-state index contributed by atoms with van der Waals surface area (Å²) in [6.07, 6.45) is 0. The standard InChI is InChI=1S/C10H26N4/c1-10(2,3)13-6-9-14(7-4-11)8-5-12/h13H,4-9,11-12H2,1-3H3. The Morgan fingerprint density at radius 1 is 1.00 bits per heavy atom. The Labute approximate surface area is 88.0 Å². The number of nitrogens with zero attached hydrogens (tertiary/aromatic N) is 1. The summed E-state index contributed by atoms with van der Waals surface area (Å²) in [6.45, 7) is 11.8. The smallest absolute Gasteiger partial charge is 0.0108 e. The van der Waals surface area contributed by atoms with Gasteiger partial charge in [0.15, 0.2) is 0 Å². The second-order valence-electron chi connectivity index (χ2n) is 4.60. The van der Waals surface area contributed by atoms with E-state index in [0.717, 1.165) is 26.2 Å². The zero-order chi connectivity index (χ0) is 11.0. The quantitative estimate of drug-likeness (QED) is 0.525. The molecule has 0 radical (unpaired) electrons. The summed E-state index contributed by atoms with van der Waals surface area (Å²) >= 11 is 0. The van der Waals surface area contributed by atoms with Crippen LogP contribution >= 0.6 is 0 Å². The minimum Gasteiger partial charge on any atom is -0.329 e. The average Bonchev–Trinajstić information content (AvgIpc) is 2.02. The molecule has 0 aliphatic carbocycles. The maximum absolute atomic E-state index is 5.51. The van der Waals surface area contributed by atoms with E-state index in [1.54, 1.807) is 0 Å². The lowest BCUT2D eigenvalue weighted by atomic mass is 10.1. The van der Waals surface area contributed by atoms with Crippen molar-refractivity contribution in [2.45, 2.75) is 26.3 Å². The van der Waals surface area contributed by atoms with Crippen molar-refractivity contribution in [2.75, 3.05) is 39.3 Å². The molecule has 4 nitrogen and oxygen atoms in total. The van der Waals surface area contributed by atoms with E-state index < -0.39 is 0 Å². The minimum atomic E-state index is 0.192. The molecule has 0 aromatic carbocycles. The van der Waals surface area contributed by atoms with Gasteiger partial charge in [-0.15, -0.1) is 0 Å². The second-order valence-corrected chi connectivity index (χ2v) is 4.60. The van der Waals surface area contributed by atoms with Crippen LogP contribution in [0.25, 0.3) is 0 Å². The van der Waals surface area contributed by atoms with Gasteiger partial charge in [-0.05, 0) is 20.8 Å². The van der Waals surface area contributed by atoms with E-state index in [9.17, 15) is 0 Å². The van der Waals surface area contributed by atoms with Gasteiger partial charge < -0.3 is 16.8 Å². The first-order valence-electron chi connectivity index (χ1n) is 5.37. The lowest BCUT2D eigenvalue weighted by molar-refractivity contribution is 0.274. The highest BCUT2D eigenvalue weighted by Crippen LogP contribution is 1.97. The molecule has 4 heteroatoms. The fourth-order valence-corrected chi connectivity index (χ4v) is 1.29. The molecule has 0 rings (SSSR count). The summed E-state index contributed by atoms with van der Waals surface area (Å²) in [6, 6.07) is 0. The Morgan fingerprint density at radius 2 is 1.50 bits per heavy atom. The Balaban J connectivity index is 3.60. The van der Waals surface area contributed by atoms with Gasteiger partial charge >= 0.3 is 0 Å². The highest BCUT2D eigenvalue weighted by Gasteiger charge is 2.09. The molecule has 0 amide bonds. The molecule has 0 atom stereocenters. The van der Waals surface area contributed by atoms with Gasteiger partial charge in [0.05, 0.1) is 0 Å². The van der Waals surface area contributed by atoms with Gasteiger partial charge in [-0.2, -0.15) is 0 Å². The highest BCUT2D eigenvalue weighted by atomic mass is 15.2. The third kappa shape index (κ3) is 8.44. The van der Waals surface area contributed by atoms with Crippen molar-refractivity contribution in [3.05, 3.63) is 0 Å². The van der Waals surface area contributed by atoms with Crippen molar-refractivity contribution in [1.29, 1.82) is 0 Å². The first kappa shape index (κ1) is 13.8. The molecular weight excluding hydrogens is 176 g/mol. The van der Waals surface area contributed by atoms with Crippen LogP contribution in [0.4, 0.5) is 0 Å². The molecule has 0 saturated carbocycles. The number of nitrogens with one attached hydrogen (secondary N) is 1. The normalized spacial score (nSPS) is 12.4. The molecular formula is C10H26N4. The van der Waals surface area contributed by atoms with Gasteiger partial charge in [0.25, 0.3) is 0 Å². The van der Waals surface area contributed by atoms with Gasteiger partial charge in [-0.25, -0.2) is 0 Å². The summed E-state index contributed by atoms with van der Waals surface area (Å²) in [5.41, 5.74) is 11.2. The fraction of sp³-hybridized carbons (Fsp3) is 1.00. The molecule has 5 N–H and O–H groups in total. The van der Waals surface area contributed by atoms with Crippen LogP contribution in [0, 0.1) is 0 Å². The maximum Gasteiger partial charge on any atom is 0.0108 e. The molecule has 0 saturated heterocycles. The van der Waals surface area contributed by atoms with E-state index in [-0.39, 0.29) is 5.54 Å². The molecule has 86 valence electrons. The van der Waals surface area contributed by atoms with Gasteiger partial charge in [0.2, 0.25) is 0 Å². The third-order valence-corrected chi connectivity index (χ3v) is 1.97. The zero-order valence-electron chi connectivity index (χ0n) is 9.84. The van der Waals surface area contributed by atoms with Crippen molar-refractivity contribution in [3.63, 3.8) is 0 Å². The molecule has 0 aromatic heterocycles. The molecule has 0 heterocycles. The van der Waals surface area contributed by atoms with Gasteiger partial charge in [0.1, 0.15) is 0 Å². The van der Waals surface area contributed by atoms with Crippen LogP contribution in [-0.2, 0) is 0 Å². The lowest BCUT2D eigenvalue weighted by Gasteiger charge is -2.25. The van der Waals surface area contributed by atoms with Crippen LogP contribution in [0.2, 0.25) is 0 Å². The van der Waals surface area contributed by atoms with Crippen LogP contribution < -0.4 is 16.8 Å². The predicted octanol–water partition coefficient (Wildman–Crippen LogP) is -0.406. The van der Waals surface area contributed by atoms with Crippen molar-refractivity contribution in [1.82, 2.24) is 10.2 Å². The molecule has 0 aliphatic rings. The predicted molar refractivity (Wildman–Crippen MR) is 62.3 cm³/mol. The minimum absolute atomic E-state index is 0.192. The summed E-state index contributed by atoms with van der Waals surface area (Å²) in [4.78, 5) is 2.29. The van der Waals surface area contributed by atoms with E-state index in [1.165, 1.54) is 0 Å². The van der Waals surface area contributed by atoms with E-state index >= 15 is 0 Å². The van der Waals surface area contributed by atoms with Crippen LogP contribution in [0.3, 0.4) is 0 Å². The number of rotatable bonds is 7. The Kier molecular flexibility index (Phi) is 7.09. The Hall–Kier alpha value is -0.160. The largest absolute Gasteiger partial charge is 0.329 e. The topological polar surface area (TPSA) is 67.3 Å². The van der Waals surface area contributed by atoms with Gasteiger partial charge in [0, 0.05) is 44.8 Å². The Morgan fingerprint density at radius 3 is 1.86 bits per heavy atom. The molecule has 0 fully saturated rings. The second kappa shape index (κ2) is 7.17. The molecule has 0 aliphatic heterocycles. The summed E-state index contributed by atoms with van der Waals surface area (Å²) < 4.78 is 0. The van der Waals surface area contributed by atoms with E-state index in [0.29, 0.717) is 13.1 Å². The summed E-state index contributed by atoms with van der Waals surface area (Å²) in [5, 5.41) is 3.45. The highest BCUT2D eigenvalue weighted by molar-refractivity contribution is 4.71. The van der Waals surface area contributed by atoms with Gasteiger partial charge in [-0.1, -0.05) is 0 Å². The number of hydrogen-bond donors (Lipinski definition) is 3. The maximum atomic E-state index is 5.51. The van der Waals surface area contributed by atoms with Gasteiger partial charge in [-0.3, -0.25) is 4.90 Å². The van der Waals surface area contributed by atoms with Crippen LogP contribution in [-0.4, -0.2) is 49.7 Å². The van der Waals surface area contributed by atoms with Crippen LogP contribution in [0.5, 0.6) is 0 Å². The van der Waals surface area contributed by atoms with Crippen molar-refractivity contribution >= 4 is 0 Å². The van der Waals surface area contributed by atoms with Crippen molar-refractivity contribution in [3.8, 4) is 0 Å².